The van der Waals surface area contributed by atoms with Crippen LogP contribution in [0.2, 0.25) is 0 Å². The van der Waals surface area contributed by atoms with E-state index in [-0.39, 0.29) is 6.54 Å². The summed E-state index contributed by atoms with van der Waals surface area (Å²) in [6.45, 7) is 5.63. The van der Waals surface area contributed by atoms with Crippen molar-refractivity contribution < 1.29 is 9.90 Å². The topological polar surface area (TPSA) is 65.5 Å². The van der Waals surface area contributed by atoms with Gasteiger partial charge in [0, 0.05) is 30.6 Å². The molecule has 0 radical (unpaired) electrons. The first kappa shape index (κ1) is 18.8. The van der Waals surface area contributed by atoms with Crippen LogP contribution in [0.4, 0.5) is 0 Å². The number of carboxylic acid groups (broad SMARTS) is 1. The fourth-order valence-electron chi connectivity index (χ4n) is 3.99. The van der Waals surface area contributed by atoms with Crippen LogP contribution in [-0.2, 0) is 4.79 Å². The van der Waals surface area contributed by atoms with Crippen LogP contribution in [0.1, 0.15) is 50.5 Å². The molecule has 1 aromatic carbocycles. The third kappa shape index (κ3) is 4.50. The fourth-order valence-corrected chi connectivity index (χ4v) is 5.11. The van der Waals surface area contributed by atoms with Gasteiger partial charge < -0.3 is 10.4 Å². The van der Waals surface area contributed by atoms with Crippen molar-refractivity contribution in [3.05, 3.63) is 29.3 Å². The standard InChI is InChI=1S/C21H29N3O2S/c1-13(21-23-18-5-3-4-6-19(18)27-21)14(2)22-16-9-17(10-16)24(12-20(25)26)11-15-7-8-15/h3-6,13-17,22H,7-12H2,1-2H3,(H,25,26). The average Bonchev–Trinajstić information content (AvgIpc) is 3.30. The maximum absolute atomic E-state index is 11.2. The second-order valence-electron chi connectivity index (χ2n) is 8.35. The van der Waals surface area contributed by atoms with Crippen molar-refractivity contribution in [2.24, 2.45) is 5.92 Å². The molecule has 0 bridgehead atoms. The van der Waals surface area contributed by atoms with Gasteiger partial charge in [-0.25, -0.2) is 4.98 Å². The number of hydrogen-bond donors (Lipinski definition) is 2. The van der Waals surface area contributed by atoms with Gasteiger partial charge >= 0.3 is 5.97 Å². The van der Waals surface area contributed by atoms with E-state index in [4.69, 9.17) is 4.98 Å². The molecule has 2 aliphatic carbocycles. The number of benzene rings is 1. The molecule has 2 atom stereocenters. The lowest BCUT2D eigenvalue weighted by Crippen LogP contribution is -2.56. The van der Waals surface area contributed by atoms with Crippen LogP contribution >= 0.6 is 11.3 Å². The Morgan fingerprint density at radius 3 is 2.74 bits per heavy atom. The first-order valence-electron chi connectivity index (χ1n) is 10.1. The Labute approximate surface area is 164 Å². The largest absolute Gasteiger partial charge is 0.480 e. The molecule has 146 valence electrons. The maximum Gasteiger partial charge on any atom is 0.317 e. The summed E-state index contributed by atoms with van der Waals surface area (Å²) >= 11 is 1.79. The summed E-state index contributed by atoms with van der Waals surface area (Å²) in [5.74, 6) is 0.391. The second-order valence-corrected chi connectivity index (χ2v) is 9.41. The van der Waals surface area contributed by atoms with Gasteiger partial charge in [0.1, 0.15) is 0 Å². The van der Waals surface area contributed by atoms with Gasteiger partial charge in [-0.15, -0.1) is 11.3 Å². The summed E-state index contributed by atoms with van der Waals surface area (Å²) in [5, 5.41) is 14.1. The van der Waals surface area contributed by atoms with E-state index in [1.165, 1.54) is 22.5 Å². The number of carboxylic acids is 1. The molecule has 2 fully saturated rings. The molecule has 2 unspecified atom stereocenters. The highest BCUT2D eigenvalue weighted by molar-refractivity contribution is 7.18. The van der Waals surface area contributed by atoms with E-state index >= 15 is 0 Å². The second kappa shape index (κ2) is 7.86. The number of carbonyl (C=O) groups is 1. The number of nitrogens with zero attached hydrogens (tertiary/aromatic N) is 2. The number of para-hydroxylation sites is 1. The molecule has 2 aliphatic rings. The fraction of sp³-hybridized carbons (Fsp3) is 0.619. The van der Waals surface area contributed by atoms with Crippen LogP contribution < -0.4 is 5.32 Å². The summed E-state index contributed by atoms with van der Waals surface area (Å²) in [6.07, 6.45) is 4.64. The normalized spacial score (nSPS) is 24.7. The first-order valence-corrected chi connectivity index (χ1v) is 10.9. The molecule has 2 N–H and O–H groups in total. The van der Waals surface area contributed by atoms with Gasteiger partial charge in [0.2, 0.25) is 0 Å². The number of thiazole rings is 1. The monoisotopic (exact) mass is 387 g/mol. The smallest absolute Gasteiger partial charge is 0.317 e. The average molecular weight is 388 g/mol. The molecule has 1 heterocycles. The predicted molar refractivity (Wildman–Crippen MR) is 109 cm³/mol. The molecule has 0 aliphatic heterocycles. The quantitative estimate of drug-likeness (QED) is 0.687. The lowest BCUT2D eigenvalue weighted by Gasteiger charge is -2.44. The van der Waals surface area contributed by atoms with Crippen LogP contribution in [0.5, 0.6) is 0 Å². The molecule has 0 spiro atoms. The van der Waals surface area contributed by atoms with E-state index in [9.17, 15) is 9.90 Å². The van der Waals surface area contributed by atoms with Crippen LogP contribution in [0, 0.1) is 5.92 Å². The van der Waals surface area contributed by atoms with E-state index in [1.54, 1.807) is 11.3 Å². The molecule has 2 saturated carbocycles. The zero-order valence-electron chi connectivity index (χ0n) is 16.1. The van der Waals surface area contributed by atoms with Crippen LogP contribution in [0.3, 0.4) is 0 Å². The Bertz CT molecular complexity index is 765. The maximum atomic E-state index is 11.2. The van der Waals surface area contributed by atoms with Crippen molar-refractivity contribution in [1.29, 1.82) is 0 Å². The highest BCUT2D eigenvalue weighted by Crippen LogP contribution is 2.35. The Kier molecular flexibility index (Phi) is 5.48. The molecule has 0 saturated heterocycles. The minimum absolute atomic E-state index is 0.186. The number of aliphatic carboxylic acids is 1. The first-order chi connectivity index (χ1) is 13.0. The van der Waals surface area contributed by atoms with Gasteiger partial charge in [-0.05, 0) is 50.7 Å². The number of hydrogen-bond acceptors (Lipinski definition) is 5. The third-order valence-electron chi connectivity index (χ3n) is 6.11. The van der Waals surface area contributed by atoms with Gasteiger partial charge in [0.05, 0.1) is 21.8 Å². The van der Waals surface area contributed by atoms with Gasteiger partial charge in [-0.1, -0.05) is 19.1 Å². The number of rotatable bonds is 9. The summed E-state index contributed by atoms with van der Waals surface area (Å²) < 4.78 is 1.25. The Morgan fingerprint density at radius 2 is 2.07 bits per heavy atom. The van der Waals surface area contributed by atoms with Crippen molar-refractivity contribution in [3.8, 4) is 0 Å². The van der Waals surface area contributed by atoms with Crippen molar-refractivity contribution in [2.45, 2.75) is 63.6 Å². The molecular weight excluding hydrogens is 358 g/mol. The van der Waals surface area contributed by atoms with Gasteiger partial charge in [-0.2, -0.15) is 0 Å². The van der Waals surface area contributed by atoms with Crippen molar-refractivity contribution in [2.75, 3.05) is 13.1 Å². The SMILES string of the molecule is CC(NC1CC(N(CC(=O)O)CC2CC2)C1)C(C)c1nc2ccccc2s1. The van der Waals surface area contributed by atoms with Crippen LogP contribution in [0.15, 0.2) is 24.3 Å². The predicted octanol–water partition coefficient (Wildman–Crippen LogP) is 3.71. The van der Waals surface area contributed by atoms with E-state index in [2.05, 4.69) is 42.3 Å². The van der Waals surface area contributed by atoms with E-state index in [1.807, 2.05) is 6.07 Å². The third-order valence-corrected chi connectivity index (χ3v) is 7.34. The van der Waals surface area contributed by atoms with Gasteiger partial charge in [-0.3, -0.25) is 9.69 Å². The van der Waals surface area contributed by atoms with E-state index < -0.39 is 5.97 Å². The highest BCUT2D eigenvalue weighted by atomic mass is 32.1. The number of aromatic nitrogens is 1. The van der Waals surface area contributed by atoms with Gasteiger partial charge in [0.15, 0.2) is 0 Å². The van der Waals surface area contributed by atoms with Crippen molar-refractivity contribution in [3.63, 3.8) is 0 Å². The molecule has 6 heteroatoms. The van der Waals surface area contributed by atoms with Crippen molar-refractivity contribution >= 4 is 27.5 Å². The summed E-state index contributed by atoms with van der Waals surface area (Å²) in [6, 6.07) is 9.57. The Morgan fingerprint density at radius 1 is 1.33 bits per heavy atom. The molecule has 0 amide bonds. The minimum Gasteiger partial charge on any atom is -0.480 e. The lowest BCUT2D eigenvalue weighted by atomic mass is 9.84. The highest BCUT2D eigenvalue weighted by Gasteiger charge is 2.38. The number of fused-ring (bicyclic) bond motifs is 1. The summed E-state index contributed by atoms with van der Waals surface area (Å²) in [5.41, 5.74) is 1.09. The molecule has 4 rings (SSSR count). The van der Waals surface area contributed by atoms with Gasteiger partial charge in [0.25, 0.3) is 0 Å². The molecule has 2 aromatic rings. The zero-order valence-corrected chi connectivity index (χ0v) is 16.9. The Hall–Kier alpha value is -1.50. The summed E-state index contributed by atoms with van der Waals surface area (Å²) in [7, 11) is 0. The van der Waals surface area contributed by atoms with Crippen LogP contribution in [-0.4, -0.2) is 52.2 Å². The van der Waals surface area contributed by atoms with E-state index in [0.29, 0.717) is 24.0 Å². The Balaban J connectivity index is 1.29. The molecular formula is C21H29N3O2S. The molecule has 27 heavy (non-hydrogen) atoms. The lowest BCUT2D eigenvalue weighted by molar-refractivity contribution is -0.139. The zero-order chi connectivity index (χ0) is 19.0. The molecule has 1 aromatic heterocycles. The molecule has 5 nitrogen and oxygen atoms in total. The number of nitrogens with one attached hydrogen (secondary N) is 1. The summed E-state index contributed by atoms with van der Waals surface area (Å²) in [4.78, 5) is 18.2. The van der Waals surface area contributed by atoms with E-state index in [0.717, 1.165) is 30.8 Å². The minimum atomic E-state index is -0.704. The van der Waals surface area contributed by atoms with Crippen LogP contribution in [0.25, 0.3) is 10.2 Å². The van der Waals surface area contributed by atoms with Crippen molar-refractivity contribution in [1.82, 2.24) is 15.2 Å².